The molecule has 0 aromatic rings. The molecule has 0 bridgehead atoms. The standard InChI is InChI=1S/C34H48F2N2O3/c1-29(2)10-12-34(17-26(40)38-19-25(35)36)13-11-33(7)27(21(34)16-29)22(39)14-24-31(5)15-20(18-37)28(41)30(3,4)23(31)8-9-32(24,33)6/h15,21,23-25,27H,8-14,16-17,19H2,1-7H3,(H,38,40)/t21-,23+,24-,27+,31+,32-,33-,34-/m1/s1. The highest BCUT2D eigenvalue weighted by molar-refractivity contribution is 6.04. The number of halogens is 2. The maximum absolute atomic E-state index is 14.6. The predicted molar refractivity (Wildman–Crippen MR) is 153 cm³/mol. The molecule has 5 rings (SSSR count). The summed E-state index contributed by atoms with van der Waals surface area (Å²) in [4.78, 5) is 40.8. The number of ketones is 2. The van der Waals surface area contributed by atoms with Gasteiger partial charge in [-0.25, -0.2) is 8.78 Å². The number of nitriles is 1. The highest BCUT2D eigenvalue weighted by Crippen LogP contribution is 2.76. The highest BCUT2D eigenvalue weighted by Gasteiger charge is 2.72. The molecule has 8 atom stereocenters. The fourth-order valence-electron chi connectivity index (χ4n) is 11.3. The van der Waals surface area contributed by atoms with E-state index in [2.05, 4.69) is 46.0 Å². The fraction of sp³-hybridized carbons (Fsp3) is 0.824. The van der Waals surface area contributed by atoms with Crippen LogP contribution in [0.2, 0.25) is 0 Å². The third-order valence-corrected chi connectivity index (χ3v) is 13.6. The van der Waals surface area contributed by atoms with Crippen LogP contribution in [0.15, 0.2) is 11.6 Å². The molecule has 0 aliphatic heterocycles. The van der Waals surface area contributed by atoms with Crippen LogP contribution in [0.4, 0.5) is 8.78 Å². The lowest BCUT2D eigenvalue weighted by Crippen LogP contribution is -2.68. The first kappa shape index (κ1) is 30.4. The third kappa shape index (κ3) is 4.27. The molecule has 226 valence electrons. The lowest BCUT2D eigenvalue weighted by molar-refractivity contribution is -0.223. The van der Waals surface area contributed by atoms with Crippen LogP contribution in [0, 0.1) is 67.5 Å². The van der Waals surface area contributed by atoms with Crippen molar-refractivity contribution in [2.75, 3.05) is 6.54 Å². The Morgan fingerprint density at radius 1 is 1.00 bits per heavy atom. The summed E-state index contributed by atoms with van der Waals surface area (Å²) in [5, 5.41) is 12.4. The van der Waals surface area contributed by atoms with Gasteiger partial charge in [0.15, 0.2) is 5.78 Å². The summed E-state index contributed by atoms with van der Waals surface area (Å²) in [6, 6.07) is 2.18. The van der Waals surface area contributed by atoms with Crippen LogP contribution in [0.1, 0.15) is 106 Å². The zero-order valence-corrected chi connectivity index (χ0v) is 26.0. The van der Waals surface area contributed by atoms with Gasteiger partial charge in [-0.2, -0.15) is 5.26 Å². The molecule has 5 aliphatic rings. The van der Waals surface area contributed by atoms with Crippen molar-refractivity contribution in [1.82, 2.24) is 5.32 Å². The van der Waals surface area contributed by atoms with Crippen LogP contribution in [-0.4, -0.2) is 30.4 Å². The number of carbonyl (C=O) groups is 3. The summed E-state index contributed by atoms with van der Waals surface area (Å²) in [5.41, 5.74) is -1.70. The van der Waals surface area contributed by atoms with E-state index in [0.717, 1.165) is 44.9 Å². The Morgan fingerprint density at radius 3 is 2.29 bits per heavy atom. The van der Waals surface area contributed by atoms with E-state index in [0.29, 0.717) is 6.42 Å². The number of amides is 1. The zero-order valence-electron chi connectivity index (χ0n) is 26.0. The molecular weight excluding hydrogens is 522 g/mol. The molecule has 0 heterocycles. The summed E-state index contributed by atoms with van der Waals surface area (Å²) < 4.78 is 25.8. The van der Waals surface area contributed by atoms with Crippen molar-refractivity contribution in [3.05, 3.63) is 11.6 Å². The molecular formula is C34H48F2N2O3. The minimum atomic E-state index is -2.59. The first-order valence-corrected chi connectivity index (χ1v) is 15.6. The zero-order chi connectivity index (χ0) is 30.4. The molecule has 4 saturated carbocycles. The smallest absolute Gasteiger partial charge is 0.255 e. The van der Waals surface area contributed by atoms with Gasteiger partial charge in [0.2, 0.25) is 5.91 Å². The maximum Gasteiger partial charge on any atom is 0.255 e. The molecule has 0 saturated heterocycles. The number of nitrogens with zero attached hydrogens (tertiary/aromatic N) is 1. The Bertz CT molecular complexity index is 1230. The number of carbonyl (C=O) groups excluding carboxylic acids is 3. The lowest BCUT2D eigenvalue weighted by atomic mass is 9.31. The average molecular weight is 571 g/mol. The molecule has 1 N–H and O–H groups in total. The Hall–Kier alpha value is -2.10. The predicted octanol–water partition coefficient (Wildman–Crippen LogP) is 7.06. The third-order valence-electron chi connectivity index (χ3n) is 13.6. The van der Waals surface area contributed by atoms with Gasteiger partial charge in [0.05, 0.1) is 12.1 Å². The van der Waals surface area contributed by atoms with E-state index in [-0.39, 0.29) is 74.8 Å². The first-order valence-electron chi connectivity index (χ1n) is 15.6. The van der Waals surface area contributed by atoms with Gasteiger partial charge in [0.25, 0.3) is 6.43 Å². The van der Waals surface area contributed by atoms with E-state index in [1.165, 1.54) is 0 Å². The van der Waals surface area contributed by atoms with Crippen LogP contribution in [0.5, 0.6) is 0 Å². The molecule has 7 heteroatoms. The van der Waals surface area contributed by atoms with Crippen molar-refractivity contribution in [3.63, 3.8) is 0 Å². The Morgan fingerprint density at radius 2 is 1.66 bits per heavy atom. The Labute approximate surface area is 244 Å². The Kier molecular flexibility index (Phi) is 7.00. The number of nitrogens with one attached hydrogen (secondary N) is 1. The quantitative estimate of drug-likeness (QED) is 0.392. The van der Waals surface area contributed by atoms with E-state index < -0.39 is 23.8 Å². The summed E-state index contributed by atoms with van der Waals surface area (Å²) in [6.45, 7) is 14.7. The molecule has 0 spiro atoms. The highest BCUT2D eigenvalue weighted by atomic mass is 19.3. The number of Topliss-reactive ketones (excluding diaryl/α,β-unsaturated/α-hetero) is 2. The van der Waals surface area contributed by atoms with Gasteiger partial charge < -0.3 is 5.32 Å². The number of rotatable bonds is 4. The molecule has 4 fully saturated rings. The number of fused-ring (bicyclic) bond motifs is 7. The molecule has 0 aromatic carbocycles. The van der Waals surface area contributed by atoms with Crippen molar-refractivity contribution >= 4 is 17.5 Å². The number of hydrogen-bond acceptors (Lipinski definition) is 4. The van der Waals surface area contributed by atoms with Crippen LogP contribution >= 0.6 is 0 Å². The number of alkyl halides is 2. The second-order valence-electron chi connectivity index (χ2n) is 16.4. The van der Waals surface area contributed by atoms with E-state index in [1.807, 2.05) is 19.9 Å². The topological polar surface area (TPSA) is 87.0 Å². The SMILES string of the molecule is CC1(C)CC[C@]2(CC(=O)NCC(F)F)CC[C@]3(C)[C@H](C(=O)C[C@@H]4[C@@]5(C)C=C(C#N)C(=O)C(C)(C)[C@@H]5CC[C@]43C)[C@H]2C1. The van der Waals surface area contributed by atoms with E-state index in [1.54, 1.807) is 0 Å². The molecule has 1 amide bonds. The number of hydrogen-bond donors (Lipinski definition) is 1. The molecule has 5 nitrogen and oxygen atoms in total. The Balaban J connectivity index is 1.56. The van der Waals surface area contributed by atoms with Gasteiger partial charge in [0.1, 0.15) is 11.9 Å². The average Bonchev–Trinajstić information content (AvgIpc) is 2.87. The monoisotopic (exact) mass is 570 g/mol. The maximum atomic E-state index is 14.6. The van der Waals surface area contributed by atoms with Crippen molar-refractivity contribution in [1.29, 1.82) is 5.26 Å². The molecule has 0 radical (unpaired) electrons. The largest absolute Gasteiger partial charge is 0.350 e. The molecule has 0 unspecified atom stereocenters. The normalized spacial score (nSPS) is 44.5. The summed E-state index contributed by atoms with van der Waals surface area (Å²) in [5.74, 6) is -0.280. The fourth-order valence-corrected chi connectivity index (χ4v) is 11.3. The summed E-state index contributed by atoms with van der Waals surface area (Å²) in [6.07, 6.45) is 5.99. The first-order chi connectivity index (χ1) is 18.9. The summed E-state index contributed by atoms with van der Waals surface area (Å²) in [7, 11) is 0. The van der Waals surface area contributed by atoms with Gasteiger partial charge in [-0.15, -0.1) is 0 Å². The lowest BCUT2D eigenvalue weighted by Gasteiger charge is -2.72. The summed E-state index contributed by atoms with van der Waals surface area (Å²) >= 11 is 0. The van der Waals surface area contributed by atoms with E-state index in [9.17, 15) is 28.4 Å². The van der Waals surface area contributed by atoms with Gasteiger partial charge in [-0.1, -0.05) is 54.5 Å². The van der Waals surface area contributed by atoms with Gasteiger partial charge in [0, 0.05) is 24.2 Å². The van der Waals surface area contributed by atoms with Crippen molar-refractivity contribution < 1.29 is 23.2 Å². The molecule has 5 aliphatic carbocycles. The minimum absolute atomic E-state index is 0.0108. The van der Waals surface area contributed by atoms with Crippen LogP contribution < -0.4 is 5.32 Å². The van der Waals surface area contributed by atoms with Crippen molar-refractivity contribution in [2.24, 2.45) is 56.2 Å². The van der Waals surface area contributed by atoms with Crippen LogP contribution in [0.3, 0.4) is 0 Å². The van der Waals surface area contributed by atoms with Crippen molar-refractivity contribution in [3.8, 4) is 6.07 Å². The van der Waals surface area contributed by atoms with Crippen LogP contribution in [-0.2, 0) is 14.4 Å². The van der Waals surface area contributed by atoms with Crippen LogP contribution in [0.25, 0.3) is 0 Å². The van der Waals surface area contributed by atoms with E-state index in [4.69, 9.17) is 0 Å². The van der Waals surface area contributed by atoms with E-state index >= 15 is 0 Å². The minimum Gasteiger partial charge on any atom is -0.350 e. The van der Waals surface area contributed by atoms with Gasteiger partial charge in [-0.3, -0.25) is 14.4 Å². The second kappa shape index (κ2) is 9.45. The van der Waals surface area contributed by atoms with Gasteiger partial charge >= 0.3 is 0 Å². The molecule has 0 aromatic heterocycles. The second-order valence-corrected chi connectivity index (χ2v) is 16.4. The number of allylic oxidation sites excluding steroid dienone is 2. The van der Waals surface area contributed by atoms with Gasteiger partial charge in [-0.05, 0) is 89.8 Å². The van der Waals surface area contributed by atoms with Crippen molar-refractivity contribution in [2.45, 2.75) is 113 Å². The molecule has 41 heavy (non-hydrogen) atoms.